The Morgan fingerprint density at radius 1 is 1.25 bits per heavy atom. The van der Waals surface area contributed by atoms with Gasteiger partial charge in [0.25, 0.3) is 0 Å². The van der Waals surface area contributed by atoms with Gasteiger partial charge in [-0.05, 0) is 56.2 Å². The van der Waals surface area contributed by atoms with E-state index in [1.165, 1.54) is 0 Å². The summed E-state index contributed by atoms with van der Waals surface area (Å²) in [6, 6.07) is 12.6. The normalized spacial score (nSPS) is 17.5. The van der Waals surface area contributed by atoms with Crippen LogP contribution < -0.4 is 10.7 Å². The first kappa shape index (κ1) is 20.5. The average molecular weight is 417 g/mol. The van der Waals surface area contributed by atoms with Crippen molar-refractivity contribution in [1.29, 1.82) is 5.26 Å². The van der Waals surface area contributed by atoms with Crippen LogP contribution >= 0.6 is 23.2 Å². The second-order valence-electron chi connectivity index (χ2n) is 7.49. The predicted octanol–water partition coefficient (Wildman–Crippen LogP) is 4.49. The predicted molar refractivity (Wildman–Crippen MR) is 114 cm³/mol. The zero-order chi connectivity index (χ0) is 20.5. The van der Waals surface area contributed by atoms with E-state index in [0.717, 1.165) is 22.5 Å². The Hall–Kier alpha value is -2.26. The zero-order valence-electron chi connectivity index (χ0n) is 15.9. The number of hydrogen-bond donors (Lipinski definition) is 3. The fourth-order valence-corrected chi connectivity index (χ4v) is 3.68. The molecule has 0 spiro atoms. The number of nitriles is 1. The first-order valence-electron chi connectivity index (χ1n) is 8.97. The minimum Gasteiger partial charge on any atom is -0.388 e. The fourth-order valence-electron chi connectivity index (χ4n) is 3.34. The Morgan fingerprint density at radius 3 is 2.54 bits per heavy atom. The van der Waals surface area contributed by atoms with Gasteiger partial charge < -0.3 is 15.8 Å². The van der Waals surface area contributed by atoms with Gasteiger partial charge in [-0.1, -0.05) is 35.3 Å². The molecule has 1 aliphatic rings. The van der Waals surface area contributed by atoms with Gasteiger partial charge in [0.1, 0.15) is 6.07 Å². The molecule has 0 aliphatic carbocycles. The van der Waals surface area contributed by atoms with Crippen LogP contribution in [0.1, 0.15) is 37.0 Å². The molecule has 1 heterocycles. The molecule has 2 aromatic rings. The molecule has 7 heteroatoms. The highest BCUT2D eigenvalue weighted by Crippen LogP contribution is 2.30. The van der Waals surface area contributed by atoms with Crippen LogP contribution in [0.25, 0.3) is 0 Å². The van der Waals surface area contributed by atoms with Gasteiger partial charge in [0.15, 0.2) is 0 Å². The number of nitrogens with one attached hydrogen (secondary N) is 2. The number of anilines is 1. The van der Waals surface area contributed by atoms with Crippen molar-refractivity contribution in [3.63, 3.8) is 0 Å². The van der Waals surface area contributed by atoms with E-state index in [0.29, 0.717) is 22.0 Å². The molecule has 2 aromatic carbocycles. The number of aliphatic hydroxyl groups is 1. The summed E-state index contributed by atoms with van der Waals surface area (Å²) in [5.41, 5.74) is 5.99. The van der Waals surface area contributed by atoms with Crippen LogP contribution in [0.5, 0.6) is 0 Å². The maximum atomic E-state index is 10.8. The van der Waals surface area contributed by atoms with Gasteiger partial charge in [-0.2, -0.15) is 10.4 Å². The topological polar surface area (TPSA) is 80.4 Å². The van der Waals surface area contributed by atoms with Crippen LogP contribution in [0, 0.1) is 18.3 Å². The van der Waals surface area contributed by atoms with Crippen molar-refractivity contribution < 1.29 is 5.11 Å². The van der Waals surface area contributed by atoms with Crippen molar-refractivity contribution in [2.75, 3.05) is 5.32 Å². The van der Waals surface area contributed by atoms with Crippen LogP contribution in [0.4, 0.5) is 5.69 Å². The van der Waals surface area contributed by atoms with E-state index < -0.39 is 5.60 Å². The van der Waals surface area contributed by atoms with Crippen molar-refractivity contribution in [3.05, 3.63) is 63.1 Å². The van der Waals surface area contributed by atoms with Crippen LogP contribution in [-0.2, 0) is 0 Å². The van der Waals surface area contributed by atoms with Crippen molar-refractivity contribution in [3.8, 4) is 6.07 Å². The monoisotopic (exact) mass is 416 g/mol. The van der Waals surface area contributed by atoms with Crippen molar-refractivity contribution in [2.45, 2.75) is 44.9 Å². The number of halogens is 2. The number of hydrogen-bond acceptors (Lipinski definition) is 5. The Labute approximate surface area is 175 Å². The van der Waals surface area contributed by atoms with Gasteiger partial charge in [-0.15, -0.1) is 0 Å². The summed E-state index contributed by atoms with van der Waals surface area (Å²) < 4.78 is 0. The molecular formula is C21H22Cl2N4O. The Morgan fingerprint density at radius 2 is 1.93 bits per heavy atom. The number of benzene rings is 2. The SMILES string of the molecule is Cc1c(N[C@@H](C2CC(c3ccc(Cl)cc3)=NN2)C(C)(C)O)ccc(C#N)c1Cl. The first-order chi connectivity index (χ1) is 13.2. The molecule has 28 heavy (non-hydrogen) atoms. The van der Waals surface area contributed by atoms with E-state index in [9.17, 15) is 5.11 Å². The molecule has 5 nitrogen and oxygen atoms in total. The van der Waals surface area contributed by atoms with Crippen molar-refractivity contribution in [2.24, 2.45) is 5.10 Å². The molecule has 1 unspecified atom stereocenters. The van der Waals surface area contributed by atoms with Gasteiger partial charge in [0.2, 0.25) is 0 Å². The molecule has 3 rings (SSSR count). The summed E-state index contributed by atoms with van der Waals surface area (Å²) in [5.74, 6) is 0. The molecule has 0 aromatic heterocycles. The molecule has 0 amide bonds. The highest BCUT2D eigenvalue weighted by atomic mass is 35.5. The quantitative estimate of drug-likeness (QED) is 0.670. The lowest BCUT2D eigenvalue weighted by Gasteiger charge is -2.35. The molecule has 0 fully saturated rings. The molecule has 0 bridgehead atoms. The smallest absolute Gasteiger partial charge is 0.101 e. The van der Waals surface area contributed by atoms with E-state index >= 15 is 0 Å². The van der Waals surface area contributed by atoms with Gasteiger partial charge in [0.05, 0.1) is 34.0 Å². The van der Waals surface area contributed by atoms with E-state index in [1.807, 2.05) is 37.3 Å². The second-order valence-corrected chi connectivity index (χ2v) is 8.31. The van der Waals surface area contributed by atoms with E-state index in [4.69, 9.17) is 28.5 Å². The molecule has 146 valence electrons. The number of rotatable bonds is 5. The largest absolute Gasteiger partial charge is 0.388 e. The highest BCUT2D eigenvalue weighted by Gasteiger charge is 2.37. The van der Waals surface area contributed by atoms with Crippen molar-refractivity contribution >= 4 is 34.6 Å². The highest BCUT2D eigenvalue weighted by molar-refractivity contribution is 6.33. The third-order valence-electron chi connectivity index (χ3n) is 4.94. The maximum absolute atomic E-state index is 10.8. The molecule has 0 saturated heterocycles. The van der Waals surface area contributed by atoms with Crippen LogP contribution in [0.2, 0.25) is 10.0 Å². The molecule has 1 aliphatic heterocycles. The zero-order valence-corrected chi connectivity index (χ0v) is 17.4. The van der Waals surface area contributed by atoms with E-state index in [-0.39, 0.29) is 12.1 Å². The van der Waals surface area contributed by atoms with Crippen LogP contribution in [0.3, 0.4) is 0 Å². The molecule has 0 saturated carbocycles. The minimum atomic E-state index is -1.03. The molecule has 2 atom stereocenters. The third-order valence-corrected chi connectivity index (χ3v) is 5.68. The Balaban J connectivity index is 1.82. The summed E-state index contributed by atoms with van der Waals surface area (Å²) >= 11 is 12.3. The van der Waals surface area contributed by atoms with Crippen LogP contribution in [0.15, 0.2) is 41.5 Å². The van der Waals surface area contributed by atoms with Crippen molar-refractivity contribution in [1.82, 2.24) is 5.43 Å². The summed E-state index contributed by atoms with van der Waals surface area (Å²) in [6.07, 6.45) is 0.645. The molecule has 3 N–H and O–H groups in total. The lowest BCUT2D eigenvalue weighted by atomic mass is 9.88. The fraction of sp³-hybridized carbons (Fsp3) is 0.333. The number of nitrogens with zero attached hydrogens (tertiary/aromatic N) is 2. The molecule has 0 radical (unpaired) electrons. The average Bonchev–Trinajstić information content (AvgIpc) is 3.12. The Kier molecular flexibility index (Phi) is 5.85. The van der Waals surface area contributed by atoms with Gasteiger partial charge in [-0.25, -0.2) is 0 Å². The maximum Gasteiger partial charge on any atom is 0.101 e. The minimum absolute atomic E-state index is 0.125. The van der Waals surface area contributed by atoms with Gasteiger partial charge in [0, 0.05) is 17.1 Å². The van der Waals surface area contributed by atoms with E-state index in [2.05, 4.69) is 21.9 Å². The summed E-state index contributed by atoms with van der Waals surface area (Å²) in [6.45, 7) is 5.37. The second kappa shape index (κ2) is 8.00. The van der Waals surface area contributed by atoms with Gasteiger partial charge in [-0.3, -0.25) is 0 Å². The standard InChI is InChI=1S/C21H22Cl2N4O/c1-12-16(9-6-14(11-24)19(12)23)25-20(21(2,3)28)18-10-17(26-27-18)13-4-7-15(22)8-5-13/h4-9,18,20,25,27-28H,10H2,1-3H3/t18?,20-/m0/s1. The summed E-state index contributed by atoms with van der Waals surface area (Å²) in [4.78, 5) is 0. The van der Waals surface area contributed by atoms with Crippen LogP contribution in [-0.4, -0.2) is 28.5 Å². The lowest BCUT2D eigenvalue weighted by molar-refractivity contribution is 0.0480. The molecular weight excluding hydrogens is 395 g/mol. The summed E-state index contributed by atoms with van der Waals surface area (Å²) in [7, 11) is 0. The van der Waals surface area contributed by atoms with Gasteiger partial charge >= 0.3 is 0 Å². The Bertz CT molecular complexity index is 943. The first-order valence-corrected chi connectivity index (χ1v) is 9.72. The third kappa shape index (κ3) is 4.25. The number of hydrazone groups is 1. The lowest BCUT2D eigenvalue weighted by Crippen LogP contribution is -2.53. The van der Waals surface area contributed by atoms with E-state index in [1.54, 1.807) is 19.9 Å². The summed E-state index contributed by atoms with van der Waals surface area (Å²) in [5, 5.41) is 28.9.